The number of nitrogens with zero attached hydrogens (tertiary/aromatic N) is 2. The molecule has 1 heterocycles. The van der Waals surface area contributed by atoms with Crippen LogP contribution in [0.5, 0.6) is 0 Å². The number of aliphatic hydroxyl groups is 1. The van der Waals surface area contributed by atoms with Gasteiger partial charge in [-0.05, 0) is 33.3 Å². The van der Waals surface area contributed by atoms with Gasteiger partial charge in [0.15, 0.2) is 0 Å². The first kappa shape index (κ1) is 13.9. The predicted octanol–water partition coefficient (Wildman–Crippen LogP) is 1.70. The zero-order valence-electron chi connectivity index (χ0n) is 10.9. The molecular formula is C13H23N3O. The van der Waals surface area contributed by atoms with Crippen molar-refractivity contribution in [3.63, 3.8) is 0 Å². The second kappa shape index (κ2) is 6.57. The fourth-order valence-corrected chi connectivity index (χ4v) is 1.85. The van der Waals surface area contributed by atoms with Gasteiger partial charge in [-0.3, -0.25) is 0 Å². The number of aromatic nitrogens is 1. The number of nitrogens with two attached hydrogens (primary N) is 1. The van der Waals surface area contributed by atoms with Crippen molar-refractivity contribution in [2.45, 2.75) is 39.3 Å². The third kappa shape index (κ3) is 3.68. The fourth-order valence-electron chi connectivity index (χ4n) is 1.85. The summed E-state index contributed by atoms with van der Waals surface area (Å²) in [7, 11) is 0. The lowest BCUT2D eigenvalue weighted by Gasteiger charge is -2.30. The van der Waals surface area contributed by atoms with Crippen LogP contribution in [0.1, 0.15) is 38.8 Å². The summed E-state index contributed by atoms with van der Waals surface area (Å²) in [6.45, 7) is 7.20. The molecule has 1 rings (SSSR count). The predicted molar refractivity (Wildman–Crippen MR) is 71.0 cm³/mol. The topological polar surface area (TPSA) is 62.4 Å². The molecule has 0 bridgehead atoms. The van der Waals surface area contributed by atoms with Crippen LogP contribution in [0.2, 0.25) is 0 Å². The fraction of sp³-hybridized carbons (Fsp3) is 0.615. The van der Waals surface area contributed by atoms with E-state index in [1.54, 1.807) is 6.20 Å². The third-order valence-electron chi connectivity index (χ3n) is 2.76. The highest BCUT2D eigenvalue weighted by Crippen LogP contribution is 2.24. The maximum Gasteiger partial charge on any atom is 0.133 e. The lowest BCUT2D eigenvalue weighted by atomic mass is 10.1. The maximum atomic E-state index is 8.95. The Hall–Kier alpha value is -1.13. The summed E-state index contributed by atoms with van der Waals surface area (Å²) in [5.74, 6) is 0.936. The Morgan fingerprint density at radius 2 is 2.12 bits per heavy atom. The lowest BCUT2D eigenvalue weighted by Crippen LogP contribution is -2.34. The Morgan fingerprint density at radius 3 is 2.65 bits per heavy atom. The molecule has 0 saturated heterocycles. The van der Waals surface area contributed by atoms with Gasteiger partial charge in [-0.15, -0.1) is 0 Å². The average Bonchev–Trinajstić information content (AvgIpc) is 2.29. The molecule has 0 radical (unpaired) electrons. The highest BCUT2D eigenvalue weighted by Gasteiger charge is 2.16. The molecule has 0 aliphatic heterocycles. The maximum absolute atomic E-state index is 8.95. The largest absolute Gasteiger partial charge is 0.396 e. The minimum absolute atomic E-state index is 0.0333. The van der Waals surface area contributed by atoms with Crippen LogP contribution in [0.4, 0.5) is 5.82 Å². The van der Waals surface area contributed by atoms with Crippen LogP contribution in [0.15, 0.2) is 18.3 Å². The molecule has 0 unspecified atom stereocenters. The molecule has 0 aliphatic carbocycles. The number of hydrogen-bond acceptors (Lipinski definition) is 4. The van der Waals surface area contributed by atoms with Crippen molar-refractivity contribution >= 4 is 5.82 Å². The standard InChI is InChI=1S/C13H23N3O/c1-10(2)16(8-5-9-17)13-12(11(3)14)6-4-7-15-13/h4,6-7,10-11,17H,5,8-9,14H2,1-3H3/t11-/m0/s1. The summed E-state index contributed by atoms with van der Waals surface area (Å²) < 4.78 is 0. The summed E-state index contributed by atoms with van der Waals surface area (Å²) in [6.07, 6.45) is 2.53. The van der Waals surface area contributed by atoms with Gasteiger partial charge in [-0.2, -0.15) is 0 Å². The van der Waals surface area contributed by atoms with Crippen molar-refractivity contribution in [2.24, 2.45) is 5.73 Å². The van der Waals surface area contributed by atoms with Gasteiger partial charge < -0.3 is 15.7 Å². The van der Waals surface area contributed by atoms with E-state index >= 15 is 0 Å². The molecule has 0 spiro atoms. The molecule has 17 heavy (non-hydrogen) atoms. The van der Waals surface area contributed by atoms with E-state index in [0.29, 0.717) is 6.04 Å². The lowest BCUT2D eigenvalue weighted by molar-refractivity contribution is 0.288. The zero-order valence-corrected chi connectivity index (χ0v) is 10.9. The van der Waals surface area contributed by atoms with Crippen molar-refractivity contribution in [3.05, 3.63) is 23.9 Å². The first-order chi connectivity index (χ1) is 8.07. The summed E-state index contributed by atoms with van der Waals surface area (Å²) >= 11 is 0. The first-order valence-electron chi connectivity index (χ1n) is 6.16. The van der Waals surface area contributed by atoms with Gasteiger partial charge in [-0.1, -0.05) is 6.07 Å². The molecule has 0 aromatic carbocycles. The Kier molecular flexibility index (Phi) is 5.38. The van der Waals surface area contributed by atoms with E-state index in [1.807, 2.05) is 19.1 Å². The average molecular weight is 237 g/mol. The smallest absolute Gasteiger partial charge is 0.133 e. The Labute approximate surface area is 103 Å². The summed E-state index contributed by atoms with van der Waals surface area (Å²) in [6, 6.07) is 4.23. The van der Waals surface area contributed by atoms with E-state index < -0.39 is 0 Å². The number of hydrogen-bond donors (Lipinski definition) is 2. The van der Waals surface area contributed by atoms with Crippen molar-refractivity contribution in [1.82, 2.24) is 4.98 Å². The first-order valence-corrected chi connectivity index (χ1v) is 6.16. The summed E-state index contributed by atoms with van der Waals surface area (Å²) in [4.78, 5) is 6.63. The van der Waals surface area contributed by atoms with Gasteiger partial charge in [-0.25, -0.2) is 4.98 Å². The monoisotopic (exact) mass is 237 g/mol. The van der Waals surface area contributed by atoms with Gasteiger partial charge in [0.1, 0.15) is 5.82 Å². The minimum Gasteiger partial charge on any atom is -0.396 e. The SMILES string of the molecule is CC(C)N(CCCO)c1ncccc1[C@H](C)N. The Balaban J connectivity index is 3.00. The normalized spacial score (nSPS) is 12.8. The molecule has 1 atom stereocenters. The van der Waals surface area contributed by atoms with Crippen LogP contribution >= 0.6 is 0 Å². The molecule has 1 aromatic rings. The zero-order chi connectivity index (χ0) is 12.8. The quantitative estimate of drug-likeness (QED) is 0.790. The molecule has 3 N–H and O–H groups in total. The Morgan fingerprint density at radius 1 is 1.41 bits per heavy atom. The van der Waals surface area contributed by atoms with E-state index in [4.69, 9.17) is 10.8 Å². The molecule has 1 aromatic heterocycles. The molecule has 0 fully saturated rings. The second-order valence-corrected chi connectivity index (χ2v) is 4.57. The molecule has 4 nitrogen and oxygen atoms in total. The molecule has 0 saturated carbocycles. The van der Waals surface area contributed by atoms with Gasteiger partial charge >= 0.3 is 0 Å². The van der Waals surface area contributed by atoms with E-state index in [9.17, 15) is 0 Å². The molecule has 0 amide bonds. The number of anilines is 1. The molecular weight excluding hydrogens is 214 g/mol. The van der Waals surface area contributed by atoms with Crippen molar-refractivity contribution < 1.29 is 5.11 Å². The van der Waals surface area contributed by atoms with Gasteiger partial charge in [0.2, 0.25) is 0 Å². The van der Waals surface area contributed by atoms with Crippen LogP contribution < -0.4 is 10.6 Å². The van der Waals surface area contributed by atoms with E-state index in [-0.39, 0.29) is 12.6 Å². The number of rotatable bonds is 6. The van der Waals surface area contributed by atoms with Gasteiger partial charge in [0.25, 0.3) is 0 Å². The van der Waals surface area contributed by atoms with Crippen LogP contribution in [-0.4, -0.2) is 29.3 Å². The van der Waals surface area contributed by atoms with E-state index in [0.717, 1.165) is 24.3 Å². The van der Waals surface area contributed by atoms with Crippen LogP contribution in [-0.2, 0) is 0 Å². The van der Waals surface area contributed by atoms with Crippen LogP contribution in [0.3, 0.4) is 0 Å². The van der Waals surface area contributed by atoms with Gasteiger partial charge in [0.05, 0.1) is 0 Å². The number of pyridine rings is 1. The third-order valence-corrected chi connectivity index (χ3v) is 2.76. The highest BCUT2D eigenvalue weighted by atomic mass is 16.3. The molecule has 4 heteroatoms. The van der Waals surface area contributed by atoms with Crippen molar-refractivity contribution in [2.75, 3.05) is 18.1 Å². The van der Waals surface area contributed by atoms with Crippen LogP contribution in [0, 0.1) is 0 Å². The van der Waals surface area contributed by atoms with Gasteiger partial charge in [0, 0.05) is 37.0 Å². The second-order valence-electron chi connectivity index (χ2n) is 4.57. The molecule has 96 valence electrons. The Bertz CT molecular complexity index is 339. The van der Waals surface area contributed by atoms with Crippen LogP contribution in [0.25, 0.3) is 0 Å². The van der Waals surface area contributed by atoms with E-state index in [1.165, 1.54) is 0 Å². The highest BCUT2D eigenvalue weighted by molar-refractivity contribution is 5.48. The van der Waals surface area contributed by atoms with Crippen molar-refractivity contribution in [3.8, 4) is 0 Å². The minimum atomic E-state index is -0.0333. The number of aliphatic hydroxyl groups excluding tert-OH is 1. The summed E-state index contributed by atoms with van der Waals surface area (Å²) in [5, 5.41) is 8.95. The van der Waals surface area contributed by atoms with Crippen molar-refractivity contribution in [1.29, 1.82) is 0 Å². The molecule has 0 aliphatic rings. The summed E-state index contributed by atoms with van der Waals surface area (Å²) in [5.41, 5.74) is 7.02. The van der Waals surface area contributed by atoms with E-state index in [2.05, 4.69) is 23.7 Å².